The molecule has 3 amide bonds. The van der Waals surface area contributed by atoms with Crippen LogP contribution in [0, 0.1) is 5.82 Å². The quantitative estimate of drug-likeness (QED) is 0.528. The minimum Gasteiger partial charge on any atom is -0.438 e. The van der Waals surface area contributed by atoms with E-state index in [4.69, 9.17) is 0 Å². The van der Waals surface area contributed by atoms with Crippen molar-refractivity contribution in [3.05, 3.63) is 54.5 Å². The summed E-state index contributed by atoms with van der Waals surface area (Å²) in [4.78, 5) is 49.2. The van der Waals surface area contributed by atoms with E-state index < -0.39 is 30.3 Å². The average molecular weight is 517 g/mol. The summed E-state index contributed by atoms with van der Waals surface area (Å²) in [6, 6.07) is 4.04. The van der Waals surface area contributed by atoms with Crippen molar-refractivity contribution in [2.24, 2.45) is 0 Å². The number of imidazole rings is 1. The van der Waals surface area contributed by atoms with E-state index in [9.17, 15) is 27.6 Å². The number of cyclic esters (lactones) is 1. The molecule has 1 atom stereocenters. The van der Waals surface area contributed by atoms with E-state index in [-0.39, 0.29) is 36.1 Å². The van der Waals surface area contributed by atoms with Crippen LogP contribution in [0.4, 0.5) is 29.3 Å². The Kier molecular flexibility index (Phi) is 6.54. The number of benzene rings is 1. The first-order valence-corrected chi connectivity index (χ1v) is 11.5. The summed E-state index contributed by atoms with van der Waals surface area (Å²) in [6.45, 7) is 0.735. The normalized spacial score (nSPS) is 18.0. The van der Waals surface area contributed by atoms with Gasteiger partial charge in [0.2, 0.25) is 5.91 Å². The van der Waals surface area contributed by atoms with Crippen LogP contribution in [0.1, 0.15) is 10.5 Å². The summed E-state index contributed by atoms with van der Waals surface area (Å²) in [6.07, 6.45) is 0.948. The molecular formula is C23H22F3N7O4. The van der Waals surface area contributed by atoms with Crippen molar-refractivity contribution in [1.82, 2.24) is 24.6 Å². The smallest absolute Gasteiger partial charge is 0.414 e. The van der Waals surface area contributed by atoms with Gasteiger partial charge in [0.1, 0.15) is 11.5 Å². The highest BCUT2D eigenvalue weighted by Crippen LogP contribution is 2.29. The number of aromatic nitrogens is 3. The van der Waals surface area contributed by atoms with Gasteiger partial charge in [-0.15, -0.1) is 0 Å². The predicted molar refractivity (Wildman–Crippen MR) is 124 cm³/mol. The van der Waals surface area contributed by atoms with Gasteiger partial charge in [0.25, 0.3) is 12.3 Å². The zero-order valence-electron chi connectivity index (χ0n) is 19.4. The number of alkyl halides is 2. The third-order valence-electron chi connectivity index (χ3n) is 6.23. The second-order valence-electron chi connectivity index (χ2n) is 8.52. The van der Waals surface area contributed by atoms with Crippen LogP contribution >= 0.6 is 0 Å². The lowest BCUT2D eigenvalue weighted by Gasteiger charge is -2.36. The minimum absolute atomic E-state index is 0.126. The maximum Gasteiger partial charge on any atom is 0.414 e. The van der Waals surface area contributed by atoms with E-state index in [0.717, 1.165) is 11.0 Å². The summed E-state index contributed by atoms with van der Waals surface area (Å²) in [5.41, 5.74) is 1.06. The number of ether oxygens (including phenoxy) is 1. The Bertz CT molecular complexity index is 1310. The Morgan fingerprint density at radius 1 is 1.19 bits per heavy atom. The van der Waals surface area contributed by atoms with Crippen molar-refractivity contribution in [1.29, 1.82) is 0 Å². The van der Waals surface area contributed by atoms with Gasteiger partial charge in [0, 0.05) is 44.8 Å². The lowest BCUT2D eigenvalue weighted by molar-refractivity contribution is -0.130. The first-order chi connectivity index (χ1) is 17.8. The Labute approximate surface area is 208 Å². The fourth-order valence-electron chi connectivity index (χ4n) is 4.25. The van der Waals surface area contributed by atoms with Gasteiger partial charge in [-0.05, 0) is 18.2 Å². The second-order valence-corrected chi connectivity index (χ2v) is 8.52. The molecule has 2 aromatic heterocycles. The van der Waals surface area contributed by atoms with Crippen LogP contribution in [0.3, 0.4) is 0 Å². The summed E-state index contributed by atoms with van der Waals surface area (Å²) in [7, 11) is 0. The molecule has 4 heterocycles. The summed E-state index contributed by atoms with van der Waals surface area (Å²) < 4.78 is 46.8. The number of fused-ring (bicyclic) bond motifs is 1. The fourth-order valence-corrected chi connectivity index (χ4v) is 4.25. The van der Waals surface area contributed by atoms with Crippen LogP contribution in [-0.2, 0) is 9.53 Å². The zero-order valence-corrected chi connectivity index (χ0v) is 19.4. The van der Waals surface area contributed by atoms with E-state index in [1.807, 2.05) is 0 Å². The molecule has 194 valence electrons. The van der Waals surface area contributed by atoms with Gasteiger partial charge in [-0.3, -0.25) is 19.5 Å². The molecule has 5 rings (SSSR count). The molecule has 1 aromatic carbocycles. The Morgan fingerprint density at radius 3 is 2.65 bits per heavy atom. The van der Waals surface area contributed by atoms with Gasteiger partial charge in [-0.2, -0.15) is 0 Å². The van der Waals surface area contributed by atoms with E-state index >= 15 is 0 Å². The predicted octanol–water partition coefficient (Wildman–Crippen LogP) is 1.54. The molecule has 2 saturated heterocycles. The van der Waals surface area contributed by atoms with Crippen LogP contribution in [0.25, 0.3) is 5.65 Å². The van der Waals surface area contributed by atoms with Crippen molar-refractivity contribution in [2.45, 2.75) is 12.5 Å². The molecule has 2 aliphatic heterocycles. The summed E-state index contributed by atoms with van der Waals surface area (Å²) in [5.74, 6) is -1.39. The largest absolute Gasteiger partial charge is 0.438 e. The van der Waals surface area contributed by atoms with Gasteiger partial charge >= 0.3 is 6.09 Å². The van der Waals surface area contributed by atoms with Crippen LogP contribution < -0.4 is 15.1 Å². The van der Waals surface area contributed by atoms with Gasteiger partial charge in [-0.1, -0.05) is 0 Å². The summed E-state index contributed by atoms with van der Waals surface area (Å²) in [5, 5.41) is 2.57. The molecule has 11 nitrogen and oxygen atoms in total. The molecule has 0 saturated carbocycles. The van der Waals surface area contributed by atoms with Crippen molar-refractivity contribution in [2.75, 3.05) is 49.1 Å². The number of nitrogens with one attached hydrogen (secondary N) is 1. The van der Waals surface area contributed by atoms with Crippen LogP contribution in [0.15, 0.2) is 43.0 Å². The molecule has 2 fully saturated rings. The lowest BCUT2D eigenvalue weighted by atomic mass is 10.2. The summed E-state index contributed by atoms with van der Waals surface area (Å²) >= 11 is 0. The van der Waals surface area contributed by atoms with Gasteiger partial charge in [0.05, 0.1) is 30.7 Å². The first-order valence-electron chi connectivity index (χ1n) is 11.5. The van der Waals surface area contributed by atoms with Gasteiger partial charge < -0.3 is 24.3 Å². The number of rotatable bonds is 6. The third kappa shape index (κ3) is 4.99. The number of anilines is 2. The molecule has 2 aliphatic rings. The van der Waals surface area contributed by atoms with E-state index in [0.29, 0.717) is 31.8 Å². The molecular weight excluding hydrogens is 495 g/mol. The minimum atomic E-state index is -2.83. The maximum absolute atomic E-state index is 14.9. The number of piperazine rings is 1. The first kappa shape index (κ1) is 24.3. The molecule has 3 aromatic rings. The number of hydrogen-bond donors (Lipinski definition) is 1. The van der Waals surface area contributed by atoms with Crippen molar-refractivity contribution in [3.63, 3.8) is 0 Å². The molecule has 1 N–H and O–H groups in total. The second kappa shape index (κ2) is 9.95. The van der Waals surface area contributed by atoms with Crippen LogP contribution in [0.5, 0.6) is 0 Å². The Morgan fingerprint density at radius 2 is 1.97 bits per heavy atom. The van der Waals surface area contributed by atoms with Gasteiger partial charge in [0.15, 0.2) is 11.8 Å². The van der Waals surface area contributed by atoms with Gasteiger partial charge in [-0.25, -0.2) is 22.9 Å². The van der Waals surface area contributed by atoms with Crippen molar-refractivity contribution in [3.8, 4) is 0 Å². The monoisotopic (exact) mass is 517 g/mol. The van der Waals surface area contributed by atoms with Crippen LogP contribution in [0.2, 0.25) is 0 Å². The number of amides is 3. The van der Waals surface area contributed by atoms with Crippen molar-refractivity contribution >= 4 is 34.9 Å². The Hall–Kier alpha value is -4.36. The molecule has 0 unspecified atom stereocenters. The molecule has 0 spiro atoms. The highest BCUT2D eigenvalue weighted by molar-refractivity contribution is 5.95. The number of nitrogens with zero attached hydrogens (tertiary/aromatic N) is 6. The SMILES string of the molecule is O=C(NCC(=O)N1CCN(c2ccc(N3C[C@H](C(F)F)OC3=O)cc2F)CC1)c1cn2ccncc2n1. The number of carbonyl (C=O) groups is 3. The molecule has 0 radical (unpaired) electrons. The molecule has 0 bridgehead atoms. The molecule has 0 aliphatic carbocycles. The number of hydrogen-bond acceptors (Lipinski definition) is 7. The molecule has 14 heteroatoms. The third-order valence-corrected chi connectivity index (χ3v) is 6.23. The van der Waals surface area contributed by atoms with Crippen molar-refractivity contribution < 1.29 is 32.3 Å². The topological polar surface area (TPSA) is 112 Å². The van der Waals surface area contributed by atoms with Crippen LogP contribution in [-0.4, -0.2) is 89.0 Å². The standard InChI is InChI=1S/C23H22F3N7O4/c24-15-9-14(33-13-18(21(25)26)37-23(33)36)1-2-17(15)30-5-7-31(8-6-30)20(34)11-28-22(35)16-12-32-4-3-27-10-19(32)29-16/h1-4,9-10,12,18,21H,5-8,11,13H2,(H,28,35)/t18-/m1/s1. The highest BCUT2D eigenvalue weighted by Gasteiger charge is 2.38. The van der Waals surface area contributed by atoms with E-state index in [2.05, 4.69) is 20.0 Å². The average Bonchev–Trinajstić information content (AvgIpc) is 3.51. The number of halogens is 3. The highest BCUT2D eigenvalue weighted by atomic mass is 19.3. The fraction of sp³-hybridized carbons (Fsp3) is 0.348. The van der Waals surface area contributed by atoms with E-state index in [1.165, 1.54) is 18.3 Å². The molecule has 37 heavy (non-hydrogen) atoms. The zero-order chi connectivity index (χ0) is 26.1. The Balaban J connectivity index is 1.13. The maximum atomic E-state index is 14.9. The number of carbonyl (C=O) groups excluding carboxylic acids is 3. The van der Waals surface area contributed by atoms with E-state index in [1.54, 1.807) is 32.8 Å². The lowest BCUT2D eigenvalue weighted by Crippen LogP contribution is -2.51.